The van der Waals surface area contributed by atoms with Crippen molar-refractivity contribution < 1.29 is 4.42 Å². The van der Waals surface area contributed by atoms with Crippen LogP contribution in [0.25, 0.3) is 11.3 Å². The van der Waals surface area contributed by atoms with Gasteiger partial charge in [0.05, 0.1) is 6.54 Å². The van der Waals surface area contributed by atoms with Gasteiger partial charge in [-0.3, -0.25) is 0 Å². The van der Waals surface area contributed by atoms with Gasteiger partial charge in [0.1, 0.15) is 11.5 Å². The Bertz CT molecular complexity index is 794. The molecule has 0 aliphatic heterocycles. The molecule has 0 unspecified atom stereocenters. The number of nitrogens with one attached hydrogen (secondary N) is 1. The third-order valence-corrected chi connectivity index (χ3v) is 4.58. The van der Waals surface area contributed by atoms with Crippen LogP contribution in [-0.2, 0) is 13.0 Å². The van der Waals surface area contributed by atoms with Crippen LogP contribution < -0.4 is 5.32 Å². The molecule has 0 fully saturated rings. The van der Waals surface area contributed by atoms with Gasteiger partial charge in [-0.15, -0.1) is 0 Å². The molecule has 4 heteroatoms. The average molecular weight is 374 g/mol. The molecule has 1 atom stereocenters. The third kappa shape index (κ3) is 5.37. The molecule has 2 aromatic carbocycles. The van der Waals surface area contributed by atoms with Crippen molar-refractivity contribution in [3.8, 4) is 11.3 Å². The molecule has 3 rings (SSSR count). The molecule has 1 N–H and O–H groups in total. The number of benzene rings is 2. The lowest BCUT2D eigenvalue weighted by molar-refractivity contribution is 0.449. The number of rotatable bonds is 7. The monoisotopic (exact) mass is 373 g/mol. The van der Waals surface area contributed by atoms with E-state index in [2.05, 4.69) is 36.5 Å². The minimum atomic E-state index is 0.411. The van der Waals surface area contributed by atoms with Crippen molar-refractivity contribution in [3.05, 3.63) is 82.0 Å². The Labute approximate surface area is 158 Å². The third-order valence-electron chi connectivity index (χ3n) is 4.14. The van der Waals surface area contributed by atoms with Crippen molar-refractivity contribution in [2.75, 3.05) is 0 Å². The summed E-state index contributed by atoms with van der Waals surface area (Å²) in [7, 11) is 0. The molecule has 0 saturated carbocycles. The molecule has 0 saturated heterocycles. The highest BCUT2D eigenvalue weighted by Crippen LogP contribution is 2.28. The molecule has 3 aromatic rings. The maximum atomic E-state index is 6.06. The van der Waals surface area contributed by atoms with Crippen molar-refractivity contribution in [2.45, 2.75) is 32.4 Å². The smallest absolute Gasteiger partial charge is 0.134 e. The Balaban J connectivity index is 1.53. The molecular weight excluding hydrogens is 353 g/mol. The van der Waals surface area contributed by atoms with Crippen LogP contribution in [0.5, 0.6) is 0 Å². The second kappa shape index (κ2) is 8.57. The second-order valence-corrected chi connectivity index (χ2v) is 7.10. The number of furan rings is 1. The molecule has 0 amide bonds. The lowest BCUT2D eigenvalue weighted by atomic mass is 10.1. The summed E-state index contributed by atoms with van der Waals surface area (Å²) < 4.78 is 5.91. The van der Waals surface area contributed by atoms with Gasteiger partial charge in [0.15, 0.2) is 0 Å². The summed E-state index contributed by atoms with van der Waals surface area (Å²) in [5.74, 6) is 1.68. The highest BCUT2D eigenvalue weighted by molar-refractivity contribution is 6.35. The highest BCUT2D eigenvalue weighted by Gasteiger charge is 2.08. The fourth-order valence-electron chi connectivity index (χ4n) is 2.73. The SMILES string of the molecule is C[C@@H](CCc1ccccc1)NCc1ccc(-c2cc(Cl)cc(Cl)c2)o1. The van der Waals surface area contributed by atoms with E-state index in [1.165, 1.54) is 5.56 Å². The summed E-state index contributed by atoms with van der Waals surface area (Å²) in [6.07, 6.45) is 2.15. The highest BCUT2D eigenvalue weighted by atomic mass is 35.5. The van der Waals surface area contributed by atoms with E-state index in [4.69, 9.17) is 27.6 Å². The summed E-state index contributed by atoms with van der Waals surface area (Å²) in [6, 6.07) is 20.3. The van der Waals surface area contributed by atoms with E-state index in [0.717, 1.165) is 29.9 Å². The minimum Gasteiger partial charge on any atom is -0.460 e. The summed E-state index contributed by atoms with van der Waals surface area (Å²) in [5.41, 5.74) is 2.26. The van der Waals surface area contributed by atoms with Crippen molar-refractivity contribution >= 4 is 23.2 Å². The van der Waals surface area contributed by atoms with Gasteiger partial charge < -0.3 is 9.73 Å². The standard InChI is InChI=1S/C21H21Cl2NO/c1-15(7-8-16-5-3-2-4-6-16)24-14-20-9-10-21(25-20)17-11-18(22)13-19(23)12-17/h2-6,9-13,15,24H,7-8,14H2,1H3/t15-/m0/s1. The van der Waals surface area contributed by atoms with Crippen LogP contribution in [0.1, 0.15) is 24.7 Å². The lowest BCUT2D eigenvalue weighted by Gasteiger charge is -2.12. The number of halogens is 2. The zero-order valence-electron chi connectivity index (χ0n) is 14.1. The molecule has 0 aliphatic carbocycles. The molecule has 0 bridgehead atoms. The second-order valence-electron chi connectivity index (χ2n) is 6.23. The van der Waals surface area contributed by atoms with Crippen molar-refractivity contribution in [2.24, 2.45) is 0 Å². The zero-order chi connectivity index (χ0) is 17.6. The number of hydrogen-bond acceptors (Lipinski definition) is 2. The van der Waals surface area contributed by atoms with Crippen LogP contribution in [0, 0.1) is 0 Å². The van der Waals surface area contributed by atoms with Gasteiger partial charge >= 0.3 is 0 Å². The van der Waals surface area contributed by atoms with Gasteiger partial charge in [0.2, 0.25) is 0 Å². The molecular formula is C21H21Cl2NO. The van der Waals surface area contributed by atoms with Crippen LogP contribution in [0.3, 0.4) is 0 Å². The first-order chi connectivity index (χ1) is 12.1. The maximum Gasteiger partial charge on any atom is 0.134 e. The Hall–Kier alpha value is -1.74. The zero-order valence-corrected chi connectivity index (χ0v) is 15.6. The summed E-state index contributed by atoms with van der Waals surface area (Å²) >= 11 is 12.1. The number of aryl methyl sites for hydroxylation is 1. The topological polar surface area (TPSA) is 25.2 Å². The Morgan fingerprint density at radius 2 is 1.68 bits per heavy atom. The maximum absolute atomic E-state index is 6.06. The molecule has 1 aromatic heterocycles. The largest absolute Gasteiger partial charge is 0.460 e. The van der Waals surface area contributed by atoms with Crippen LogP contribution in [-0.4, -0.2) is 6.04 Å². The first kappa shape index (κ1) is 18.1. The van der Waals surface area contributed by atoms with E-state index >= 15 is 0 Å². The molecule has 0 aliphatic rings. The Morgan fingerprint density at radius 3 is 2.40 bits per heavy atom. The normalized spacial score (nSPS) is 12.3. The first-order valence-electron chi connectivity index (χ1n) is 8.42. The summed E-state index contributed by atoms with van der Waals surface area (Å²) in [5, 5.41) is 4.72. The fraction of sp³-hybridized carbons (Fsp3) is 0.238. The molecule has 25 heavy (non-hydrogen) atoms. The van der Waals surface area contributed by atoms with E-state index in [9.17, 15) is 0 Å². The predicted molar refractivity (Wildman–Crippen MR) is 105 cm³/mol. The Kier molecular flexibility index (Phi) is 6.19. The van der Waals surface area contributed by atoms with E-state index in [0.29, 0.717) is 22.6 Å². The van der Waals surface area contributed by atoms with Gasteiger partial charge in [0, 0.05) is 21.7 Å². The van der Waals surface area contributed by atoms with E-state index < -0.39 is 0 Å². The first-order valence-corrected chi connectivity index (χ1v) is 9.18. The quantitative estimate of drug-likeness (QED) is 0.520. The van der Waals surface area contributed by atoms with Crippen LogP contribution in [0.4, 0.5) is 0 Å². The summed E-state index contributed by atoms with van der Waals surface area (Å²) in [6.45, 7) is 2.90. The predicted octanol–water partition coefficient (Wildman–Crippen LogP) is 6.36. The average Bonchev–Trinajstić information content (AvgIpc) is 3.07. The van der Waals surface area contributed by atoms with E-state index in [1.54, 1.807) is 6.07 Å². The molecule has 2 nitrogen and oxygen atoms in total. The van der Waals surface area contributed by atoms with Crippen LogP contribution in [0.15, 0.2) is 65.1 Å². The minimum absolute atomic E-state index is 0.411. The summed E-state index contributed by atoms with van der Waals surface area (Å²) in [4.78, 5) is 0. The Morgan fingerprint density at radius 1 is 0.960 bits per heavy atom. The van der Waals surface area contributed by atoms with E-state index in [1.807, 2.05) is 30.3 Å². The van der Waals surface area contributed by atoms with Gasteiger partial charge in [-0.25, -0.2) is 0 Å². The lowest BCUT2D eigenvalue weighted by Crippen LogP contribution is -2.25. The van der Waals surface area contributed by atoms with Gasteiger partial charge in [0.25, 0.3) is 0 Å². The molecule has 1 heterocycles. The van der Waals surface area contributed by atoms with Gasteiger partial charge in [-0.05, 0) is 55.7 Å². The van der Waals surface area contributed by atoms with Gasteiger partial charge in [-0.2, -0.15) is 0 Å². The van der Waals surface area contributed by atoms with Crippen molar-refractivity contribution in [1.82, 2.24) is 5.32 Å². The van der Waals surface area contributed by atoms with E-state index in [-0.39, 0.29) is 0 Å². The molecule has 130 valence electrons. The van der Waals surface area contributed by atoms with Crippen LogP contribution >= 0.6 is 23.2 Å². The van der Waals surface area contributed by atoms with Crippen molar-refractivity contribution in [3.63, 3.8) is 0 Å². The fourth-order valence-corrected chi connectivity index (χ4v) is 3.25. The van der Waals surface area contributed by atoms with Gasteiger partial charge in [-0.1, -0.05) is 53.5 Å². The molecule has 0 spiro atoms. The van der Waals surface area contributed by atoms with Crippen LogP contribution in [0.2, 0.25) is 10.0 Å². The molecule has 0 radical (unpaired) electrons. The number of hydrogen-bond donors (Lipinski definition) is 1. The van der Waals surface area contributed by atoms with Crippen molar-refractivity contribution in [1.29, 1.82) is 0 Å².